The molecule has 0 aliphatic heterocycles. The van der Waals surface area contributed by atoms with Crippen molar-refractivity contribution in [2.75, 3.05) is 6.61 Å². The monoisotopic (exact) mass is 222 g/mol. The van der Waals surface area contributed by atoms with Gasteiger partial charge in [0.15, 0.2) is 16.3 Å². The quantitative estimate of drug-likeness (QED) is 0.564. The third-order valence-corrected chi connectivity index (χ3v) is 3.06. The first-order chi connectivity index (χ1) is 6.36. The first kappa shape index (κ1) is 13.6. The molecule has 1 N–H and O–H groups in total. The van der Waals surface area contributed by atoms with Crippen LogP contribution in [0.25, 0.3) is 0 Å². The van der Waals surface area contributed by atoms with E-state index in [2.05, 4.69) is 0 Å². The summed E-state index contributed by atoms with van der Waals surface area (Å²) in [6.45, 7) is 7.72. The van der Waals surface area contributed by atoms with Crippen molar-refractivity contribution in [3.05, 3.63) is 0 Å². The predicted octanol–water partition coefficient (Wildman–Crippen LogP) is 1.43. The maximum absolute atomic E-state index is 11.1. The van der Waals surface area contributed by atoms with Gasteiger partial charge in [-0.25, -0.2) is 4.21 Å². The number of rotatable bonds is 5. The first-order valence-corrected chi connectivity index (χ1v) is 5.79. The van der Waals surface area contributed by atoms with E-state index in [4.69, 9.17) is 9.29 Å². The van der Waals surface area contributed by atoms with E-state index in [9.17, 15) is 9.00 Å². The Bertz CT molecular complexity index is 215. The van der Waals surface area contributed by atoms with Gasteiger partial charge in [-0.1, -0.05) is 20.8 Å². The third-order valence-electron chi connectivity index (χ3n) is 2.26. The van der Waals surface area contributed by atoms with E-state index in [0.29, 0.717) is 12.5 Å². The van der Waals surface area contributed by atoms with Crippen LogP contribution < -0.4 is 0 Å². The lowest BCUT2D eigenvalue weighted by Crippen LogP contribution is -2.27. The Kier molecular flexibility index (Phi) is 5.95. The van der Waals surface area contributed by atoms with Crippen molar-refractivity contribution < 1.29 is 18.3 Å². The van der Waals surface area contributed by atoms with Gasteiger partial charge in [0.05, 0.1) is 6.61 Å². The minimum Gasteiger partial charge on any atom is -0.464 e. The fourth-order valence-electron chi connectivity index (χ4n) is 0.606. The Morgan fingerprint density at radius 1 is 1.36 bits per heavy atom. The van der Waals surface area contributed by atoms with Crippen LogP contribution in [-0.4, -0.2) is 26.6 Å². The highest BCUT2D eigenvalue weighted by Crippen LogP contribution is 2.10. The minimum absolute atomic E-state index is 0.262. The lowest BCUT2D eigenvalue weighted by Gasteiger charge is -2.16. The van der Waals surface area contributed by atoms with E-state index < -0.39 is 22.3 Å². The van der Waals surface area contributed by atoms with Crippen LogP contribution in [0.15, 0.2) is 0 Å². The minimum atomic E-state index is -2.14. The standard InChI is InChI=1S/C9H18O4S/c1-6(2)7(3)5-13-9(10)8(4)14(11)12/h6-8H,5H2,1-4H3,(H,11,12). The Morgan fingerprint density at radius 3 is 2.21 bits per heavy atom. The number of carbonyl (C=O) groups is 1. The molecule has 14 heavy (non-hydrogen) atoms. The van der Waals surface area contributed by atoms with Gasteiger partial charge in [0.25, 0.3) is 0 Å². The van der Waals surface area contributed by atoms with Gasteiger partial charge < -0.3 is 9.29 Å². The van der Waals surface area contributed by atoms with Crippen LogP contribution in [0.1, 0.15) is 27.7 Å². The van der Waals surface area contributed by atoms with E-state index in [0.717, 1.165) is 0 Å². The normalized spacial score (nSPS) is 17.6. The van der Waals surface area contributed by atoms with Crippen LogP contribution in [0.3, 0.4) is 0 Å². The first-order valence-electron chi connectivity index (χ1n) is 4.62. The molecular formula is C9H18O4S. The van der Waals surface area contributed by atoms with Crippen molar-refractivity contribution in [1.29, 1.82) is 0 Å². The highest BCUT2D eigenvalue weighted by atomic mass is 32.2. The Balaban J connectivity index is 3.91. The summed E-state index contributed by atoms with van der Waals surface area (Å²) in [5.41, 5.74) is 0. The lowest BCUT2D eigenvalue weighted by molar-refractivity contribution is -0.144. The Labute approximate surface area is 87.3 Å². The van der Waals surface area contributed by atoms with Crippen molar-refractivity contribution in [3.8, 4) is 0 Å². The number of ether oxygens (including phenoxy) is 1. The smallest absolute Gasteiger partial charge is 0.323 e. The van der Waals surface area contributed by atoms with Gasteiger partial charge in [-0.2, -0.15) is 0 Å². The highest BCUT2D eigenvalue weighted by Gasteiger charge is 2.21. The molecule has 0 aromatic heterocycles. The van der Waals surface area contributed by atoms with Gasteiger partial charge in [-0.3, -0.25) is 4.79 Å². The summed E-state index contributed by atoms with van der Waals surface area (Å²) in [5, 5.41) is -0.964. The van der Waals surface area contributed by atoms with E-state index in [1.807, 2.05) is 20.8 Å². The van der Waals surface area contributed by atoms with Gasteiger partial charge in [0.2, 0.25) is 0 Å². The molecule has 0 radical (unpaired) electrons. The molecule has 0 aromatic carbocycles. The van der Waals surface area contributed by atoms with Gasteiger partial charge in [-0.05, 0) is 18.8 Å². The Hall–Kier alpha value is -0.420. The number of hydrogen-bond donors (Lipinski definition) is 1. The zero-order chi connectivity index (χ0) is 11.3. The van der Waals surface area contributed by atoms with Crippen molar-refractivity contribution >= 4 is 17.0 Å². The molecule has 5 heteroatoms. The Morgan fingerprint density at radius 2 is 1.86 bits per heavy atom. The van der Waals surface area contributed by atoms with Crippen molar-refractivity contribution in [1.82, 2.24) is 0 Å². The summed E-state index contributed by atoms with van der Waals surface area (Å²) >= 11 is -2.14. The zero-order valence-electron chi connectivity index (χ0n) is 9.02. The molecule has 0 fully saturated rings. The molecule has 0 amide bonds. The second kappa shape index (κ2) is 6.14. The summed E-state index contributed by atoms with van der Waals surface area (Å²) in [4.78, 5) is 11.1. The van der Waals surface area contributed by atoms with Crippen LogP contribution in [0, 0.1) is 11.8 Å². The molecule has 84 valence electrons. The van der Waals surface area contributed by atoms with E-state index in [1.165, 1.54) is 6.92 Å². The summed E-state index contributed by atoms with van der Waals surface area (Å²) in [5.74, 6) is 0.0781. The highest BCUT2D eigenvalue weighted by molar-refractivity contribution is 7.80. The number of esters is 1. The molecule has 0 aliphatic rings. The van der Waals surface area contributed by atoms with Crippen molar-refractivity contribution in [2.24, 2.45) is 11.8 Å². The summed E-state index contributed by atoms with van der Waals surface area (Å²) in [6.07, 6.45) is 0. The van der Waals surface area contributed by atoms with Gasteiger partial charge in [0.1, 0.15) is 0 Å². The van der Waals surface area contributed by atoms with Crippen LogP contribution in [-0.2, 0) is 20.6 Å². The molecule has 0 bridgehead atoms. The second-order valence-electron chi connectivity index (χ2n) is 3.77. The average molecular weight is 222 g/mol. The van der Waals surface area contributed by atoms with Crippen molar-refractivity contribution in [3.63, 3.8) is 0 Å². The van der Waals surface area contributed by atoms with Crippen LogP contribution in [0.2, 0.25) is 0 Å². The van der Waals surface area contributed by atoms with Crippen LogP contribution in [0.4, 0.5) is 0 Å². The fourth-order valence-corrected chi connectivity index (χ4v) is 0.838. The second-order valence-corrected chi connectivity index (χ2v) is 5.03. The largest absolute Gasteiger partial charge is 0.464 e. The fraction of sp³-hybridized carbons (Fsp3) is 0.889. The molecule has 3 unspecified atom stereocenters. The van der Waals surface area contributed by atoms with Crippen LogP contribution >= 0.6 is 0 Å². The van der Waals surface area contributed by atoms with Crippen molar-refractivity contribution in [2.45, 2.75) is 32.9 Å². The molecule has 0 aliphatic carbocycles. The molecule has 0 spiro atoms. The summed E-state index contributed by atoms with van der Waals surface area (Å²) in [6, 6.07) is 0. The molecule has 0 saturated heterocycles. The topological polar surface area (TPSA) is 63.6 Å². The summed E-state index contributed by atoms with van der Waals surface area (Å²) < 4.78 is 24.1. The molecule has 0 rings (SSSR count). The summed E-state index contributed by atoms with van der Waals surface area (Å²) in [7, 11) is 0. The SMILES string of the molecule is CC(C)C(C)COC(=O)C(C)S(=O)O. The average Bonchev–Trinajstić information content (AvgIpc) is 2.11. The van der Waals surface area contributed by atoms with E-state index in [-0.39, 0.29) is 5.92 Å². The van der Waals surface area contributed by atoms with Gasteiger partial charge in [-0.15, -0.1) is 0 Å². The number of carbonyl (C=O) groups excluding carboxylic acids is 1. The van der Waals surface area contributed by atoms with E-state index in [1.54, 1.807) is 0 Å². The lowest BCUT2D eigenvalue weighted by atomic mass is 9.99. The maximum Gasteiger partial charge on any atom is 0.323 e. The van der Waals surface area contributed by atoms with Gasteiger partial charge in [0, 0.05) is 0 Å². The predicted molar refractivity (Wildman–Crippen MR) is 55.2 cm³/mol. The molecular weight excluding hydrogens is 204 g/mol. The van der Waals surface area contributed by atoms with Gasteiger partial charge >= 0.3 is 5.97 Å². The number of hydrogen-bond acceptors (Lipinski definition) is 3. The molecule has 3 atom stereocenters. The van der Waals surface area contributed by atoms with E-state index >= 15 is 0 Å². The zero-order valence-corrected chi connectivity index (χ0v) is 9.84. The molecule has 4 nitrogen and oxygen atoms in total. The third kappa shape index (κ3) is 4.72. The molecule has 0 saturated carbocycles. The van der Waals surface area contributed by atoms with Crippen LogP contribution in [0.5, 0.6) is 0 Å². The molecule has 0 heterocycles. The molecule has 0 aromatic rings. The maximum atomic E-state index is 11.1.